The summed E-state index contributed by atoms with van der Waals surface area (Å²) in [5, 5.41) is 23.2. The quantitative estimate of drug-likeness (QED) is 0.172. The van der Waals surface area contributed by atoms with Gasteiger partial charge in [-0.1, -0.05) is 12.8 Å². The Morgan fingerprint density at radius 1 is 1.18 bits per heavy atom. The third-order valence-corrected chi connectivity index (χ3v) is 8.23. The van der Waals surface area contributed by atoms with Crippen LogP contribution in [0.1, 0.15) is 53.4 Å². The molecule has 5 heteroatoms. The summed E-state index contributed by atoms with van der Waals surface area (Å²) in [5.41, 5.74) is 4.62. The molecule has 0 unspecified atom stereocenters. The maximum absolute atomic E-state index is 9.82. The Morgan fingerprint density at radius 2 is 1.79 bits per heavy atom. The summed E-state index contributed by atoms with van der Waals surface area (Å²) in [6, 6.07) is 8.44. The number of rotatable bonds is 9. The van der Waals surface area contributed by atoms with Gasteiger partial charge in [-0.3, -0.25) is 0 Å². The van der Waals surface area contributed by atoms with Crippen LogP contribution in [0.4, 0.5) is 5.69 Å². The van der Waals surface area contributed by atoms with E-state index in [1.54, 1.807) is 11.8 Å². The van der Waals surface area contributed by atoms with Crippen LogP contribution in [0.25, 0.3) is 0 Å². The first kappa shape index (κ1) is 23.6. The molecule has 0 saturated heterocycles. The molecule has 0 amide bonds. The van der Waals surface area contributed by atoms with Crippen molar-refractivity contribution in [2.24, 2.45) is 5.41 Å². The summed E-state index contributed by atoms with van der Waals surface area (Å²) >= 11 is 3.23. The monoisotopic (exact) mass is 570 g/mol. The first-order chi connectivity index (χ1) is 13.3. The fraction of sp³-hybridized carbons (Fsp3) is 0.522. The molecule has 1 fully saturated rings. The third-order valence-electron chi connectivity index (χ3n) is 5.81. The standard InChI is InChI=1S/C23H32NO2S.W/c1-5-17(3)21(18(4)6-2)15-24-19-9-11-20(12-10-19)27-16-23(22(25)26)13-7-8-14-23;/h9-12,22,24-26H,7-8,13-16H2,1-4H3;/q-1;/b21-17-;. The van der Waals surface area contributed by atoms with E-state index >= 15 is 0 Å². The van der Waals surface area contributed by atoms with Gasteiger partial charge in [0.15, 0.2) is 6.29 Å². The summed E-state index contributed by atoms with van der Waals surface area (Å²) in [6.07, 6.45) is 6.05. The molecule has 1 aromatic rings. The number of allylic oxidation sites excluding steroid dienone is 2. The molecule has 0 heterocycles. The van der Waals surface area contributed by atoms with Gasteiger partial charge in [-0.15, -0.1) is 0 Å². The van der Waals surface area contributed by atoms with Crippen molar-refractivity contribution in [1.29, 1.82) is 0 Å². The molecule has 28 heavy (non-hydrogen) atoms. The van der Waals surface area contributed by atoms with E-state index in [0.717, 1.165) is 43.7 Å². The van der Waals surface area contributed by atoms with E-state index in [2.05, 4.69) is 56.4 Å². The van der Waals surface area contributed by atoms with Crippen LogP contribution < -0.4 is 5.32 Å². The molecule has 0 spiro atoms. The van der Waals surface area contributed by atoms with E-state index in [1.807, 2.05) is 6.92 Å². The van der Waals surface area contributed by atoms with E-state index < -0.39 is 6.29 Å². The molecule has 0 atom stereocenters. The van der Waals surface area contributed by atoms with Crippen LogP contribution in [0, 0.1) is 11.5 Å². The van der Waals surface area contributed by atoms with Crippen LogP contribution in [0.15, 0.2) is 45.9 Å². The Bertz CT molecular complexity index is 731. The molecular weight excluding hydrogens is 538 g/mol. The molecule has 3 N–H and O–H groups in total. The van der Waals surface area contributed by atoms with Crippen LogP contribution in [0.2, 0.25) is 0 Å². The molecule has 3 nitrogen and oxygen atoms in total. The van der Waals surface area contributed by atoms with Crippen molar-refractivity contribution in [3.05, 3.63) is 47.1 Å². The van der Waals surface area contributed by atoms with Gasteiger partial charge in [0.1, 0.15) is 0 Å². The molecule has 0 radical (unpaired) electrons. The Morgan fingerprint density at radius 3 is 2.29 bits per heavy atom. The van der Waals surface area contributed by atoms with Gasteiger partial charge >= 0.3 is 143 Å². The van der Waals surface area contributed by atoms with Crippen molar-refractivity contribution in [3.63, 3.8) is 0 Å². The van der Waals surface area contributed by atoms with Crippen molar-refractivity contribution in [1.82, 2.24) is 0 Å². The number of nitrogens with one attached hydrogen (secondary N) is 1. The second-order valence-electron chi connectivity index (χ2n) is 7.64. The Hall–Kier alpha value is -0.672. The number of aliphatic hydroxyl groups is 2. The van der Waals surface area contributed by atoms with E-state index in [-0.39, 0.29) is 5.41 Å². The second kappa shape index (κ2) is 10.9. The third kappa shape index (κ3) is 6.16. The zero-order chi connectivity index (χ0) is 20.7. The number of benzene rings is 1. The first-order valence-electron chi connectivity index (χ1n) is 9.84. The summed E-state index contributed by atoms with van der Waals surface area (Å²) in [4.78, 5) is 1.17. The van der Waals surface area contributed by atoms with Crippen LogP contribution >= 0.6 is 11.8 Å². The van der Waals surface area contributed by atoms with E-state index in [1.165, 1.54) is 44.9 Å². The van der Waals surface area contributed by atoms with Gasteiger partial charge in [-0.25, -0.2) is 0 Å². The van der Waals surface area contributed by atoms with Crippen molar-refractivity contribution in [2.45, 2.75) is 64.6 Å². The average molecular weight is 570 g/mol. The van der Waals surface area contributed by atoms with Crippen LogP contribution in [0.3, 0.4) is 0 Å². The normalized spacial score (nSPS) is 17.6. The van der Waals surface area contributed by atoms with Gasteiger partial charge in [0.2, 0.25) is 0 Å². The first-order valence-corrected chi connectivity index (χ1v) is 12.3. The zero-order valence-corrected chi connectivity index (χ0v) is 21.1. The Balaban J connectivity index is 1.99. The van der Waals surface area contributed by atoms with E-state index in [9.17, 15) is 10.2 Å². The van der Waals surface area contributed by atoms with Crippen LogP contribution in [0.5, 0.6) is 0 Å². The molecule has 2 rings (SSSR count). The minimum absolute atomic E-state index is 0.337. The number of hydrogen-bond donors (Lipinski definition) is 3. The summed E-state index contributed by atoms with van der Waals surface area (Å²) < 4.78 is 1.41. The Kier molecular flexibility index (Phi) is 9.21. The topological polar surface area (TPSA) is 52.5 Å². The van der Waals surface area contributed by atoms with Gasteiger partial charge in [-0.2, -0.15) is 0 Å². The Labute approximate surface area is 185 Å². The molecule has 0 aliphatic heterocycles. The SMILES string of the molecule is C[C-]=C(C)/C(CNc1ccc(SCC2(C(O)O)CCCC2)cc1)=C(/C)[C](C)=[W]. The predicted octanol–water partition coefficient (Wildman–Crippen LogP) is 4.89. The van der Waals surface area contributed by atoms with E-state index in [4.69, 9.17) is 0 Å². The average Bonchev–Trinajstić information content (AvgIpc) is 3.17. The molecule has 1 saturated carbocycles. The van der Waals surface area contributed by atoms with Gasteiger partial charge in [0, 0.05) is 0 Å². The summed E-state index contributed by atoms with van der Waals surface area (Å²) in [7, 11) is 0. The molecule has 1 aliphatic rings. The molecule has 1 aliphatic carbocycles. The summed E-state index contributed by atoms with van der Waals surface area (Å²) in [5.74, 6) is 0.758. The zero-order valence-electron chi connectivity index (χ0n) is 17.3. The number of anilines is 1. The van der Waals surface area contributed by atoms with Gasteiger partial charge < -0.3 is 10.2 Å². The van der Waals surface area contributed by atoms with Gasteiger partial charge in [0.05, 0.1) is 0 Å². The molecular formula is C23H32NO2SW-. The minimum atomic E-state index is -1.22. The molecule has 0 aromatic heterocycles. The van der Waals surface area contributed by atoms with Crippen molar-refractivity contribution >= 4 is 21.3 Å². The van der Waals surface area contributed by atoms with Crippen LogP contribution in [-0.2, 0) is 19.4 Å². The van der Waals surface area contributed by atoms with Gasteiger partial charge in [0.25, 0.3) is 0 Å². The number of thioether (sulfide) groups is 1. The fourth-order valence-electron chi connectivity index (χ4n) is 3.55. The van der Waals surface area contributed by atoms with Crippen molar-refractivity contribution in [3.8, 4) is 0 Å². The number of hydrogen-bond acceptors (Lipinski definition) is 4. The van der Waals surface area contributed by atoms with Gasteiger partial charge in [-0.05, 0) is 12.8 Å². The van der Waals surface area contributed by atoms with Crippen molar-refractivity contribution < 1.29 is 29.6 Å². The predicted molar refractivity (Wildman–Crippen MR) is 116 cm³/mol. The molecule has 154 valence electrons. The second-order valence-corrected chi connectivity index (χ2v) is 10.9. The maximum atomic E-state index is 9.82. The van der Waals surface area contributed by atoms with Crippen LogP contribution in [-0.4, -0.2) is 32.7 Å². The summed E-state index contributed by atoms with van der Waals surface area (Å²) in [6.45, 7) is 9.24. The van der Waals surface area contributed by atoms with Crippen molar-refractivity contribution in [2.75, 3.05) is 17.6 Å². The van der Waals surface area contributed by atoms with E-state index in [0.29, 0.717) is 0 Å². The fourth-order valence-corrected chi connectivity index (χ4v) is 5.22. The molecule has 1 aromatic carbocycles. The molecule has 0 bridgehead atoms. The number of aliphatic hydroxyl groups excluding tert-OH is 1.